The van der Waals surface area contributed by atoms with Gasteiger partial charge in [0.25, 0.3) is 0 Å². The lowest BCUT2D eigenvalue weighted by atomic mass is 10.1. The fourth-order valence-electron chi connectivity index (χ4n) is 2.36. The topological polar surface area (TPSA) is 64.3 Å². The molecular formula is C17H15ClN2O3S. The molecular weight excluding hydrogens is 348 g/mol. The highest BCUT2D eigenvalue weighted by Crippen LogP contribution is 2.31. The third-order valence-corrected chi connectivity index (χ3v) is 4.74. The molecule has 5 nitrogen and oxygen atoms in total. The number of methoxy groups -OCH3 is 1. The Kier molecular flexibility index (Phi) is 4.99. The molecule has 0 radical (unpaired) electrons. The zero-order valence-electron chi connectivity index (χ0n) is 12.9. The number of ether oxygens (including phenoxy) is 1. The minimum absolute atomic E-state index is 0.125. The van der Waals surface area contributed by atoms with Gasteiger partial charge in [-0.15, -0.1) is 11.3 Å². The zero-order valence-corrected chi connectivity index (χ0v) is 14.5. The molecule has 0 unspecified atom stereocenters. The molecule has 1 N–H and O–H groups in total. The van der Waals surface area contributed by atoms with E-state index >= 15 is 0 Å². The van der Waals surface area contributed by atoms with Crippen molar-refractivity contribution in [3.63, 3.8) is 0 Å². The molecule has 0 saturated carbocycles. The number of thiophene rings is 1. The third kappa shape index (κ3) is 3.51. The molecule has 3 rings (SSSR count). The number of imidazole rings is 1. The molecule has 1 aromatic carbocycles. The average molecular weight is 363 g/mol. The maximum Gasteiger partial charge on any atom is 0.337 e. The van der Waals surface area contributed by atoms with Crippen LogP contribution in [0.4, 0.5) is 0 Å². The van der Waals surface area contributed by atoms with Crippen LogP contribution in [0, 0.1) is 0 Å². The van der Waals surface area contributed by atoms with Gasteiger partial charge in [-0.3, -0.25) is 0 Å². The van der Waals surface area contributed by atoms with Gasteiger partial charge in [-0.25, -0.2) is 9.78 Å². The summed E-state index contributed by atoms with van der Waals surface area (Å²) in [6.07, 6.45) is 1.82. The molecule has 0 bridgehead atoms. The van der Waals surface area contributed by atoms with E-state index in [0.29, 0.717) is 22.1 Å². The lowest BCUT2D eigenvalue weighted by molar-refractivity contribution is 0.0600. The minimum atomic E-state index is -0.360. The molecule has 2 heterocycles. The van der Waals surface area contributed by atoms with Gasteiger partial charge in [-0.2, -0.15) is 0 Å². The second kappa shape index (κ2) is 7.17. The standard InChI is InChI=1S/C17H15ClN2O3S/c1-23-17(22)12-4-2-11(3-5-12)8-20-9-13(10-21)19-16(20)14-6-7-15(18)24-14/h2-7,9,21H,8,10H2,1H3. The zero-order chi connectivity index (χ0) is 17.1. The van der Waals surface area contributed by atoms with Crippen LogP contribution >= 0.6 is 22.9 Å². The predicted molar refractivity (Wildman–Crippen MR) is 93.4 cm³/mol. The van der Waals surface area contributed by atoms with Gasteiger partial charge in [0.2, 0.25) is 0 Å². The number of hydrogen-bond acceptors (Lipinski definition) is 5. The summed E-state index contributed by atoms with van der Waals surface area (Å²) in [6, 6.07) is 10.9. The Labute approximate surface area is 148 Å². The van der Waals surface area contributed by atoms with E-state index in [1.165, 1.54) is 18.4 Å². The Morgan fingerprint density at radius 2 is 2.04 bits per heavy atom. The molecule has 0 aliphatic carbocycles. The molecule has 0 atom stereocenters. The van der Waals surface area contributed by atoms with E-state index in [-0.39, 0.29) is 12.6 Å². The number of aliphatic hydroxyl groups is 1. The minimum Gasteiger partial charge on any atom is -0.465 e. The maximum absolute atomic E-state index is 11.5. The van der Waals surface area contributed by atoms with Crippen molar-refractivity contribution in [1.29, 1.82) is 0 Å². The van der Waals surface area contributed by atoms with Gasteiger partial charge in [0.05, 0.1) is 34.2 Å². The second-order valence-corrected chi connectivity index (χ2v) is 6.85. The van der Waals surface area contributed by atoms with E-state index in [2.05, 4.69) is 4.98 Å². The third-order valence-electron chi connectivity index (χ3n) is 3.51. The number of halogens is 1. The molecule has 0 aliphatic heterocycles. The number of esters is 1. The molecule has 0 spiro atoms. The first-order valence-electron chi connectivity index (χ1n) is 7.20. The van der Waals surface area contributed by atoms with E-state index in [1.54, 1.807) is 12.1 Å². The highest BCUT2D eigenvalue weighted by atomic mass is 35.5. The van der Waals surface area contributed by atoms with Crippen molar-refractivity contribution < 1.29 is 14.6 Å². The molecule has 0 saturated heterocycles. The number of aliphatic hydroxyl groups excluding tert-OH is 1. The van der Waals surface area contributed by atoms with Crippen LogP contribution in [-0.4, -0.2) is 27.7 Å². The number of nitrogens with zero attached hydrogens (tertiary/aromatic N) is 2. The van der Waals surface area contributed by atoms with Crippen molar-refractivity contribution >= 4 is 28.9 Å². The van der Waals surface area contributed by atoms with E-state index in [0.717, 1.165) is 16.3 Å². The summed E-state index contributed by atoms with van der Waals surface area (Å²) >= 11 is 7.45. The summed E-state index contributed by atoms with van der Waals surface area (Å²) in [6.45, 7) is 0.444. The first kappa shape index (κ1) is 16.7. The molecule has 24 heavy (non-hydrogen) atoms. The van der Waals surface area contributed by atoms with E-state index < -0.39 is 0 Å². The normalized spacial score (nSPS) is 10.8. The summed E-state index contributed by atoms with van der Waals surface area (Å²) in [4.78, 5) is 16.9. The number of benzene rings is 1. The van der Waals surface area contributed by atoms with Crippen LogP contribution in [0.3, 0.4) is 0 Å². The first-order chi connectivity index (χ1) is 11.6. The van der Waals surface area contributed by atoms with Gasteiger partial charge in [0, 0.05) is 12.7 Å². The average Bonchev–Trinajstić information content (AvgIpc) is 3.20. The number of carbonyl (C=O) groups is 1. The molecule has 124 valence electrons. The van der Waals surface area contributed by atoms with Crippen molar-refractivity contribution in [3.05, 3.63) is 63.8 Å². The van der Waals surface area contributed by atoms with Crippen LogP contribution in [0.15, 0.2) is 42.6 Å². The molecule has 0 fully saturated rings. The quantitative estimate of drug-likeness (QED) is 0.704. The monoisotopic (exact) mass is 362 g/mol. The smallest absolute Gasteiger partial charge is 0.337 e. The Hall–Kier alpha value is -2.15. The summed E-state index contributed by atoms with van der Waals surface area (Å²) in [5, 5.41) is 9.37. The van der Waals surface area contributed by atoms with E-state index in [9.17, 15) is 9.90 Å². The van der Waals surface area contributed by atoms with Crippen molar-refractivity contribution in [3.8, 4) is 10.7 Å². The van der Waals surface area contributed by atoms with Crippen LogP contribution in [0.1, 0.15) is 21.6 Å². The number of hydrogen-bond donors (Lipinski definition) is 1. The Bertz CT molecular complexity index is 855. The molecule has 7 heteroatoms. The Balaban J connectivity index is 1.89. The summed E-state index contributed by atoms with van der Waals surface area (Å²) in [7, 11) is 1.36. The summed E-state index contributed by atoms with van der Waals surface area (Å²) in [5.41, 5.74) is 2.11. The Morgan fingerprint density at radius 1 is 1.29 bits per heavy atom. The maximum atomic E-state index is 11.5. The van der Waals surface area contributed by atoms with Gasteiger partial charge in [-0.1, -0.05) is 23.7 Å². The summed E-state index contributed by atoms with van der Waals surface area (Å²) < 4.78 is 7.35. The molecule has 2 aromatic heterocycles. The lowest BCUT2D eigenvalue weighted by Gasteiger charge is -2.07. The van der Waals surface area contributed by atoms with Crippen LogP contribution in [0.5, 0.6) is 0 Å². The van der Waals surface area contributed by atoms with Crippen molar-refractivity contribution in [2.24, 2.45) is 0 Å². The number of carbonyl (C=O) groups excluding carboxylic acids is 1. The predicted octanol–water partition coefficient (Wildman–Crippen LogP) is 3.59. The van der Waals surface area contributed by atoms with Crippen LogP contribution in [0.25, 0.3) is 10.7 Å². The lowest BCUT2D eigenvalue weighted by Crippen LogP contribution is -2.03. The van der Waals surface area contributed by atoms with Crippen LogP contribution < -0.4 is 0 Å². The Morgan fingerprint density at radius 3 is 2.62 bits per heavy atom. The number of aromatic nitrogens is 2. The first-order valence-corrected chi connectivity index (χ1v) is 8.40. The van der Waals surface area contributed by atoms with Crippen LogP contribution in [0.2, 0.25) is 4.34 Å². The molecule has 0 aliphatic rings. The molecule has 0 amide bonds. The van der Waals surface area contributed by atoms with Gasteiger partial charge in [0.15, 0.2) is 5.82 Å². The largest absolute Gasteiger partial charge is 0.465 e. The highest BCUT2D eigenvalue weighted by Gasteiger charge is 2.13. The van der Waals surface area contributed by atoms with Gasteiger partial charge >= 0.3 is 5.97 Å². The van der Waals surface area contributed by atoms with E-state index in [4.69, 9.17) is 16.3 Å². The fourth-order valence-corrected chi connectivity index (χ4v) is 3.41. The van der Waals surface area contributed by atoms with Crippen molar-refractivity contribution in [2.45, 2.75) is 13.2 Å². The van der Waals surface area contributed by atoms with E-state index in [1.807, 2.05) is 35.0 Å². The van der Waals surface area contributed by atoms with Gasteiger partial charge in [-0.05, 0) is 29.8 Å². The SMILES string of the molecule is COC(=O)c1ccc(Cn2cc(CO)nc2-c2ccc(Cl)s2)cc1. The summed E-state index contributed by atoms with van der Waals surface area (Å²) in [5.74, 6) is 0.397. The second-order valence-electron chi connectivity index (χ2n) is 5.13. The van der Waals surface area contributed by atoms with Crippen molar-refractivity contribution in [1.82, 2.24) is 9.55 Å². The fraction of sp³-hybridized carbons (Fsp3) is 0.176. The molecule has 3 aromatic rings. The van der Waals surface area contributed by atoms with Gasteiger partial charge in [0.1, 0.15) is 0 Å². The number of rotatable bonds is 5. The highest BCUT2D eigenvalue weighted by molar-refractivity contribution is 7.19. The van der Waals surface area contributed by atoms with Crippen LogP contribution in [-0.2, 0) is 17.9 Å². The van der Waals surface area contributed by atoms with Crippen molar-refractivity contribution in [2.75, 3.05) is 7.11 Å². The van der Waals surface area contributed by atoms with Gasteiger partial charge < -0.3 is 14.4 Å².